The summed E-state index contributed by atoms with van der Waals surface area (Å²) in [6.07, 6.45) is 1.18. The number of rotatable bonds is 2. The number of likely N-dealkylation sites (tertiary alicyclic amines) is 1. The average Bonchev–Trinajstić information content (AvgIpc) is 2.55. The summed E-state index contributed by atoms with van der Waals surface area (Å²) >= 11 is 0. The molecular weight excluding hydrogens is 214 g/mol. The topological polar surface area (TPSA) is 41.7 Å². The van der Waals surface area contributed by atoms with Crippen molar-refractivity contribution in [3.05, 3.63) is 0 Å². The number of nitrogens with zero attached hydrogens (tertiary/aromatic N) is 2. The fraction of sp³-hybridized carbons (Fsp3) is 1.00. The van der Waals surface area contributed by atoms with E-state index in [1.54, 1.807) is 0 Å². The number of likely N-dealkylation sites (N-methyl/N-ethyl adjacent to an activating group) is 1. The summed E-state index contributed by atoms with van der Waals surface area (Å²) in [6, 6.07) is 0.629. The summed E-state index contributed by atoms with van der Waals surface area (Å²) < 4.78 is 5.80. The lowest BCUT2D eigenvalue weighted by Crippen LogP contribution is -2.62. The molecule has 0 spiro atoms. The standard InChI is InChI=1S/C13H27N3O/c1-11-7-13(8-14,10-15(11)4)16-5-6-17-12(2,3)9-16/h11H,5-10,14H2,1-4H3. The van der Waals surface area contributed by atoms with Crippen LogP contribution in [0.15, 0.2) is 0 Å². The van der Waals surface area contributed by atoms with Gasteiger partial charge < -0.3 is 15.4 Å². The lowest BCUT2D eigenvalue weighted by atomic mass is 9.91. The van der Waals surface area contributed by atoms with Crippen molar-refractivity contribution >= 4 is 0 Å². The number of morpholine rings is 1. The summed E-state index contributed by atoms with van der Waals surface area (Å²) in [4.78, 5) is 4.99. The van der Waals surface area contributed by atoms with Gasteiger partial charge in [-0.1, -0.05) is 0 Å². The molecule has 0 aliphatic carbocycles. The van der Waals surface area contributed by atoms with Crippen molar-refractivity contribution < 1.29 is 4.74 Å². The molecule has 0 aromatic carbocycles. The molecule has 0 aromatic rings. The summed E-state index contributed by atoms with van der Waals surface area (Å²) in [6.45, 7) is 11.3. The molecule has 4 nitrogen and oxygen atoms in total. The van der Waals surface area contributed by atoms with Crippen LogP contribution in [0.25, 0.3) is 0 Å². The number of hydrogen-bond donors (Lipinski definition) is 1. The molecule has 100 valence electrons. The monoisotopic (exact) mass is 241 g/mol. The zero-order valence-electron chi connectivity index (χ0n) is 11.7. The highest BCUT2D eigenvalue weighted by molar-refractivity contribution is 5.04. The Morgan fingerprint density at radius 3 is 2.53 bits per heavy atom. The highest BCUT2D eigenvalue weighted by atomic mass is 16.5. The molecule has 0 amide bonds. The number of hydrogen-bond acceptors (Lipinski definition) is 4. The molecule has 2 heterocycles. The van der Waals surface area contributed by atoms with Gasteiger partial charge in [0.25, 0.3) is 0 Å². The third-order valence-electron chi connectivity index (χ3n) is 4.45. The average molecular weight is 241 g/mol. The maximum Gasteiger partial charge on any atom is 0.0753 e. The zero-order valence-corrected chi connectivity index (χ0v) is 11.7. The summed E-state index contributed by atoms with van der Waals surface area (Å²) in [5.41, 5.74) is 6.23. The fourth-order valence-electron chi connectivity index (χ4n) is 3.32. The first-order chi connectivity index (χ1) is 7.88. The van der Waals surface area contributed by atoms with Gasteiger partial charge in [-0.05, 0) is 34.2 Å². The van der Waals surface area contributed by atoms with Gasteiger partial charge >= 0.3 is 0 Å². The molecule has 2 aliphatic heterocycles. The van der Waals surface area contributed by atoms with Crippen LogP contribution in [0.1, 0.15) is 27.2 Å². The molecule has 0 bridgehead atoms. The Bertz CT molecular complexity index is 270. The van der Waals surface area contributed by atoms with E-state index in [2.05, 4.69) is 37.6 Å². The van der Waals surface area contributed by atoms with Crippen molar-refractivity contribution in [2.75, 3.05) is 39.8 Å². The third-order valence-corrected chi connectivity index (χ3v) is 4.45. The Morgan fingerprint density at radius 2 is 2.06 bits per heavy atom. The van der Waals surface area contributed by atoms with E-state index in [0.717, 1.165) is 32.8 Å². The SMILES string of the molecule is CC1CC(CN)(N2CCOC(C)(C)C2)CN1C. The van der Waals surface area contributed by atoms with Crippen molar-refractivity contribution in [2.24, 2.45) is 5.73 Å². The van der Waals surface area contributed by atoms with Crippen molar-refractivity contribution in [2.45, 2.75) is 44.4 Å². The minimum absolute atomic E-state index is 0.0369. The van der Waals surface area contributed by atoms with Crippen molar-refractivity contribution in [1.82, 2.24) is 9.80 Å². The van der Waals surface area contributed by atoms with E-state index in [-0.39, 0.29) is 11.1 Å². The van der Waals surface area contributed by atoms with E-state index in [0.29, 0.717) is 6.04 Å². The number of ether oxygens (including phenoxy) is 1. The van der Waals surface area contributed by atoms with E-state index in [1.165, 1.54) is 6.42 Å². The fourth-order valence-corrected chi connectivity index (χ4v) is 3.32. The van der Waals surface area contributed by atoms with E-state index in [1.807, 2.05) is 0 Å². The molecule has 0 radical (unpaired) electrons. The van der Waals surface area contributed by atoms with Gasteiger partial charge in [0.1, 0.15) is 0 Å². The van der Waals surface area contributed by atoms with E-state index in [9.17, 15) is 0 Å². The molecule has 2 aliphatic rings. The Morgan fingerprint density at radius 1 is 1.35 bits per heavy atom. The van der Waals surface area contributed by atoms with Gasteiger partial charge in [0.05, 0.1) is 12.2 Å². The third kappa shape index (κ3) is 2.50. The van der Waals surface area contributed by atoms with Gasteiger partial charge in [0.15, 0.2) is 0 Å². The van der Waals surface area contributed by atoms with Crippen LogP contribution >= 0.6 is 0 Å². The second kappa shape index (κ2) is 4.50. The highest BCUT2D eigenvalue weighted by Crippen LogP contribution is 2.33. The van der Waals surface area contributed by atoms with Crippen LogP contribution in [0.4, 0.5) is 0 Å². The first-order valence-electron chi connectivity index (χ1n) is 6.68. The van der Waals surface area contributed by atoms with Crippen molar-refractivity contribution in [3.8, 4) is 0 Å². The normalized spacial score (nSPS) is 39.7. The molecule has 4 heteroatoms. The smallest absolute Gasteiger partial charge is 0.0753 e. The molecule has 0 saturated carbocycles. The molecule has 2 saturated heterocycles. The van der Waals surface area contributed by atoms with Crippen LogP contribution in [0, 0.1) is 0 Å². The van der Waals surface area contributed by atoms with Gasteiger partial charge in [-0.2, -0.15) is 0 Å². The lowest BCUT2D eigenvalue weighted by molar-refractivity contribution is -0.113. The van der Waals surface area contributed by atoms with Crippen LogP contribution in [-0.4, -0.2) is 66.8 Å². The quantitative estimate of drug-likeness (QED) is 0.765. The van der Waals surface area contributed by atoms with E-state index < -0.39 is 0 Å². The van der Waals surface area contributed by atoms with Gasteiger partial charge in [0, 0.05) is 37.8 Å². The molecule has 2 atom stereocenters. The second-order valence-corrected chi connectivity index (χ2v) is 6.43. The molecular formula is C13H27N3O. The lowest BCUT2D eigenvalue weighted by Gasteiger charge is -2.47. The first-order valence-corrected chi connectivity index (χ1v) is 6.68. The predicted octanol–water partition coefficient (Wildman–Crippen LogP) is 0.519. The second-order valence-electron chi connectivity index (χ2n) is 6.43. The van der Waals surface area contributed by atoms with Gasteiger partial charge in [-0.3, -0.25) is 4.90 Å². The molecule has 17 heavy (non-hydrogen) atoms. The van der Waals surface area contributed by atoms with Crippen molar-refractivity contribution in [1.29, 1.82) is 0 Å². The summed E-state index contributed by atoms with van der Waals surface area (Å²) in [5.74, 6) is 0. The van der Waals surface area contributed by atoms with Crippen LogP contribution < -0.4 is 5.73 Å². The van der Waals surface area contributed by atoms with Gasteiger partial charge in [-0.15, -0.1) is 0 Å². The zero-order chi connectivity index (χ0) is 12.7. The van der Waals surface area contributed by atoms with Gasteiger partial charge in [0.2, 0.25) is 0 Å². The van der Waals surface area contributed by atoms with E-state index >= 15 is 0 Å². The summed E-state index contributed by atoms with van der Waals surface area (Å²) in [5, 5.41) is 0. The Balaban J connectivity index is 2.13. The van der Waals surface area contributed by atoms with Gasteiger partial charge in [-0.25, -0.2) is 0 Å². The van der Waals surface area contributed by atoms with Crippen LogP contribution in [-0.2, 0) is 4.74 Å². The van der Waals surface area contributed by atoms with Crippen LogP contribution in [0.2, 0.25) is 0 Å². The van der Waals surface area contributed by atoms with E-state index in [4.69, 9.17) is 10.5 Å². The van der Waals surface area contributed by atoms with Crippen molar-refractivity contribution in [3.63, 3.8) is 0 Å². The Hall–Kier alpha value is -0.160. The maximum atomic E-state index is 6.10. The minimum atomic E-state index is -0.0369. The van der Waals surface area contributed by atoms with Crippen LogP contribution in [0.5, 0.6) is 0 Å². The minimum Gasteiger partial charge on any atom is -0.373 e. The molecule has 2 N–H and O–H groups in total. The summed E-state index contributed by atoms with van der Waals surface area (Å²) in [7, 11) is 2.20. The predicted molar refractivity (Wildman–Crippen MR) is 70.1 cm³/mol. The number of nitrogens with two attached hydrogens (primary N) is 1. The maximum absolute atomic E-state index is 6.10. The highest BCUT2D eigenvalue weighted by Gasteiger charge is 2.46. The largest absolute Gasteiger partial charge is 0.373 e. The first kappa shape index (κ1) is 13.3. The molecule has 2 fully saturated rings. The Labute approximate surface area is 105 Å². The van der Waals surface area contributed by atoms with Crippen LogP contribution in [0.3, 0.4) is 0 Å². The molecule has 2 unspecified atom stereocenters. The Kier molecular flexibility index (Phi) is 3.51. The molecule has 2 rings (SSSR count). The molecule has 0 aromatic heterocycles.